The van der Waals surface area contributed by atoms with Gasteiger partial charge in [-0.3, -0.25) is 14.5 Å². The molecule has 0 saturated carbocycles. The fourth-order valence-electron chi connectivity index (χ4n) is 3.84. The summed E-state index contributed by atoms with van der Waals surface area (Å²) >= 11 is 1.53. The molecule has 132 valence electrons. The summed E-state index contributed by atoms with van der Waals surface area (Å²) in [5, 5.41) is 3.62. The first kappa shape index (κ1) is 17.4. The van der Waals surface area contributed by atoms with Crippen molar-refractivity contribution < 1.29 is 9.59 Å². The Morgan fingerprint density at radius 2 is 2.08 bits per heavy atom. The minimum absolute atomic E-state index is 0.0436. The second-order valence-corrected chi connectivity index (χ2v) is 8.39. The molecule has 0 radical (unpaired) electrons. The summed E-state index contributed by atoms with van der Waals surface area (Å²) in [6.07, 6.45) is 6.45. The zero-order valence-electron chi connectivity index (χ0n) is 14.6. The quantitative estimate of drug-likeness (QED) is 0.877. The smallest absolute Gasteiger partial charge is 0.251 e. The number of anilines is 1. The normalized spacial score (nSPS) is 24.4. The highest BCUT2D eigenvalue weighted by molar-refractivity contribution is 7.17. The number of likely N-dealkylation sites (tertiary alicyclic amines) is 1. The molecule has 0 bridgehead atoms. The van der Waals surface area contributed by atoms with Gasteiger partial charge in [-0.15, -0.1) is 11.3 Å². The number of fused-ring (bicyclic) bond motifs is 1. The number of primary amides is 1. The lowest BCUT2D eigenvalue weighted by molar-refractivity contribution is -0.118. The van der Waals surface area contributed by atoms with Crippen molar-refractivity contribution in [2.45, 2.75) is 58.4 Å². The SMILES string of the molecule is C[C@@H]1CCc2c(sc(NC(=O)CN3CCCC[C@@H]3C)c2C(N)=O)C1. The van der Waals surface area contributed by atoms with Gasteiger partial charge < -0.3 is 11.1 Å². The van der Waals surface area contributed by atoms with Crippen LogP contribution in [-0.4, -0.2) is 35.8 Å². The van der Waals surface area contributed by atoms with Crippen molar-refractivity contribution in [1.29, 1.82) is 0 Å². The van der Waals surface area contributed by atoms with Crippen LogP contribution in [0.4, 0.5) is 5.00 Å². The van der Waals surface area contributed by atoms with E-state index in [1.165, 1.54) is 22.6 Å². The molecule has 2 amide bonds. The third-order valence-corrected chi connectivity index (χ3v) is 6.47. The molecule has 3 N–H and O–H groups in total. The van der Waals surface area contributed by atoms with E-state index in [-0.39, 0.29) is 5.91 Å². The molecule has 24 heavy (non-hydrogen) atoms. The summed E-state index contributed by atoms with van der Waals surface area (Å²) < 4.78 is 0. The maximum absolute atomic E-state index is 12.5. The Morgan fingerprint density at radius 3 is 2.79 bits per heavy atom. The van der Waals surface area contributed by atoms with Crippen LogP contribution in [0, 0.1) is 5.92 Å². The maximum atomic E-state index is 12.5. The monoisotopic (exact) mass is 349 g/mol. The summed E-state index contributed by atoms with van der Waals surface area (Å²) in [7, 11) is 0. The van der Waals surface area contributed by atoms with Gasteiger partial charge >= 0.3 is 0 Å². The van der Waals surface area contributed by atoms with Crippen LogP contribution < -0.4 is 11.1 Å². The average Bonchev–Trinajstić information content (AvgIpc) is 2.86. The molecule has 0 spiro atoms. The van der Waals surface area contributed by atoms with Gasteiger partial charge in [0.2, 0.25) is 5.91 Å². The first-order valence-electron chi connectivity index (χ1n) is 8.94. The van der Waals surface area contributed by atoms with Gasteiger partial charge in [0.05, 0.1) is 12.1 Å². The number of hydrogen-bond acceptors (Lipinski definition) is 4. The largest absolute Gasteiger partial charge is 0.365 e. The third-order valence-electron chi connectivity index (χ3n) is 5.30. The Bertz CT molecular complexity index is 640. The minimum Gasteiger partial charge on any atom is -0.365 e. The van der Waals surface area contributed by atoms with Crippen molar-refractivity contribution in [3.8, 4) is 0 Å². The van der Waals surface area contributed by atoms with Crippen LogP contribution in [0.3, 0.4) is 0 Å². The van der Waals surface area contributed by atoms with E-state index in [1.807, 2.05) is 0 Å². The summed E-state index contributed by atoms with van der Waals surface area (Å²) in [6, 6.07) is 0.442. The Labute approximate surface area is 147 Å². The molecule has 0 unspecified atom stereocenters. The molecule has 2 heterocycles. The van der Waals surface area contributed by atoms with Gasteiger partial charge in [0.15, 0.2) is 0 Å². The second-order valence-electron chi connectivity index (χ2n) is 7.28. The molecule has 1 aromatic heterocycles. The predicted octanol–water partition coefficient (Wildman–Crippen LogP) is 2.78. The highest BCUT2D eigenvalue weighted by atomic mass is 32.1. The maximum Gasteiger partial charge on any atom is 0.251 e. The Hall–Kier alpha value is -1.40. The van der Waals surface area contributed by atoms with Crippen LogP contribution in [0.2, 0.25) is 0 Å². The predicted molar refractivity (Wildman–Crippen MR) is 97.5 cm³/mol. The molecule has 1 saturated heterocycles. The van der Waals surface area contributed by atoms with E-state index in [0.29, 0.717) is 29.1 Å². The van der Waals surface area contributed by atoms with Crippen molar-refractivity contribution in [1.82, 2.24) is 4.90 Å². The number of thiophene rings is 1. The number of nitrogens with zero attached hydrogens (tertiary/aromatic N) is 1. The van der Waals surface area contributed by atoms with Crippen molar-refractivity contribution in [2.75, 3.05) is 18.4 Å². The van der Waals surface area contributed by atoms with E-state index >= 15 is 0 Å². The van der Waals surface area contributed by atoms with Gasteiger partial charge in [-0.25, -0.2) is 0 Å². The zero-order chi connectivity index (χ0) is 17.3. The van der Waals surface area contributed by atoms with Crippen LogP contribution in [-0.2, 0) is 17.6 Å². The molecular weight excluding hydrogens is 322 g/mol. The van der Waals surface area contributed by atoms with E-state index in [9.17, 15) is 9.59 Å². The molecule has 1 aliphatic carbocycles. The number of nitrogens with one attached hydrogen (secondary N) is 1. The number of piperidine rings is 1. The molecule has 3 rings (SSSR count). The van der Waals surface area contributed by atoms with Gasteiger partial charge in [0.1, 0.15) is 5.00 Å². The number of amides is 2. The lowest BCUT2D eigenvalue weighted by atomic mass is 9.88. The number of carbonyl (C=O) groups is 2. The number of rotatable bonds is 4. The average molecular weight is 350 g/mol. The van der Waals surface area contributed by atoms with E-state index in [2.05, 4.69) is 24.1 Å². The van der Waals surface area contributed by atoms with E-state index in [1.54, 1.807) is 0 Å². The molecule has 2 atom stereocenters. The summed E-state index contributed by atoms with van der Waals surface area (Å²) in [4.78, 5) is 27.8. The topological polar surface area (TPSA) is 75.4 Å². The van der Waals surface area contributed by atoms with Crippen molar-refractivity contribution in [3.05, 3.63) is 16.0 Å². The Balaban J connectivity index is 1.74. The Kier molecular flexibility index (Phi) is 5.25. The highest BCUT2D eigenvalue weighted by Crippen LogP contribution is 2.39. The van der Waals surface area contributed by atoms with E-state index in [4.69, 9.17) is 5.73 Å². The first-order valence-corrected chi connectivity index (χ1v) is 9.75. The Morgan fingerprint density at radius 1 is 1.29 bits per heavy atom. The summed E-state index contributed by atoms with van der Waals surface area (Å²) in [6.45, 7) is 5.75. The van der Waals surface area contributed by atoms with E-state index < -0.39 is 5.91 Å². The molecule has 1 fully saturated rings. The fraction of sp³-hybridized carbons (Fsp3) is 0.667. The lowest BCUT2D eigenvalue weighted by Gasteiger charge is -2.32. The molecule has 2 aliphatic rings. The molecule has 6 heteroatoms. The van der Waals surface area contributed by atoms with Crippen molar-refractivity contribution >= 4 is 28.2 Å². The van der Waals surface area contributed by atoms with Gasteiger partial charge in [0.25, 0.3) is 5.91 Å². The summed E-state index contributed by atoms with van der Waals surface area (Å²) in [5.41, 5.74) is 7.21. The van der Waals surface area contributed by atoms with Gasteiger partial charge in [-0.05, 0) is 57.1 Å². The van der Waals surface area contributed by atoms with Crippen LogP contribution in [0.1, 0.15) is 60.3 Å². The second kappa shape index (κ2) is 7.23. The van der Waals surface area contributed by atoms with Crippen LogP contribution in [0.15, 0.2) is 0 Å². The first-order chi connectivity index (χ1) is 11.5. The highest BCUT2D eigenvalue weighted by Gasteiger charge is 2.28. The van der Waals surface area contributed by atoms with Crippen LogP contribution >= 0.6 is 11.3 Å². The molecule has 1 aromatic rings. The van der Waals surface area contributed by atoms with Gasteiger partial charge in [0, 0.05) is 10.9 Å². The lowest BCUT2D eigenvalue weighted by Crippen LogP contribution is -2.42. The van der Waals surface area contributed by atoms with Gasteiger partial charge in [-0.1, -0.05) is 13.3 Å². The van der Waals surface area contributed by atoms with Crippen molar-refractivity contribution in [2.24, 2.45) is 11.7 Å². The minimum atomic E-state index is -0.427. The fourth-order valence-corrected chi connectivity index (χ4v) is 5.27. The number of carbonyl (C=O) groups excluding carboxylic acids is 2. The van der Waals surface area contributed by atoms with E-state index in [0.717, 1.165) is 44.2 Å². The molecule has 5 nitrogen and oxygen atoms in total. The number of hydrogen-bond donors (Lipinski definition) is 2. The zero-order valence-corrected chi connectivity index (χ0v) is 15.4. The number of nitrogens with two attached hydrogens (primary N) is 1. The van der Waals surface area contributed by atoms with Crippen LogP contribution in [0.25, 0.3) is 0 Å². The molecule has 1 aliphatic heterocycles. The standard InChI is InChI=1S/C18H27N3O2S/c1-11-6-7-13-14(9-11)24-18(16(13)17(19)23)20-15(22)10-21-8-4-3-5-12(21)2/h11-12H,3-10H2,1-2H3,(H2,19,23)(H,20,22)/t11-,12+/m1/s1. The molecular formula is C18H27N3O2S. The van der Waals surface area contributed by atoms with Crippen molar-refractivity contribution in [3.63, 3.8) is 0 Å². The molecule has 0 aromatic carbocycles. The van der Waals surface area contributed by atoms with Gasteiger partial charge in [-0.2, -0.15) is 0 Å². The van der Waals surface area contributed by atoms with Crippen LogP contribution in [0.5, 0.6) is 0 Å². The third kappa shape index (κ3) is 3.64. The summed E-state index contributed by atoms with van der Waals surface area (Å²) in [5.74, 6) is 0.149.